The second-order valence-electron chi connectivity index (χ2n) is 6.69. The van der Waals surface area contributed by atoms with Crippen LogP contribution in [0.15, 0.2) is 36.7 Å². The number of nitrogens with one attached hydrogen (secondary N) is 2. The monoisotopic (exact) mass is 378 g/mol. The van der Waals surface area contributed by atoms with Crippen LogP contribution in [-0.2, 0) is 25.6 Å². The predicted molar refractivity (Wildman–Crippen MR) is 93.8 cm³/mol. The molecule has 0 saturated heterocycles. The maximum Gasteiger partial charge on any atom is 0.451 e. The number of benzene rings is 1. The molecule has 2 amide bonds. The number of hydrogen-bond donors (Lipinski definition) is 2. The Hall–Kier alpha value is -2.64. The Labute approximate surface area is 155 Å². The second kappa shape index (κ2) is 8.37. The van der Waals surface area contributed by atoms with Crippen molar-refractivity contribution in [3.8, 4) is 0 Å². The molecule has 1 aliphatic carbocycles. The van der Waals surface area contributed by atoms with Crippen molar-refractivity contribution >= 4 is 6.03 Å². The van der Waals surface area contributed by atoms with E-state index in [1.54, 1.807) is 0 Å². The van der Waals surface area contributed by atoms with Crippen LogP contribution < -0.4 is 10.6 Å². The normalized spacial score (nSPS) is 14.9. The minimum atomic E-state index is -4.57. The van der Waals surface area contributed by atoms with E-state index in [2.05, 4.69) is 44.9 Å². The van der Waals surface area contributed by atoms with Crippen LogP contribution in [0.5, 0.6) is 0 Å². The zero-order valence-corrected chi connectivity index (χ0v) is 14.7. The van der Waals surface area contributed by atoms with Gasteiger partial charge in [-0.3, -0.25) is 0 Å². The maximum atomic E-state index is 12.4. The number of aromatic nitrogens is 2. The molecule has 8 heteroatoms. The first-order valence-corrected chi connectivity index (χ1v) is 8.88. The topological polar surface area (TPSA) is 66.9 Å². The van der Waals surface area contributed by atoms with Gasteiger partial charge in [0.2, 0.25) is 5.82 Å². The molecule has 0 saturated carbocycles. The van der Waals surface area contributed by atoms with Crippen LogP contribution in [0.25, 0.3) is 0 Å². The van der Waals surface area contributed by atoms with Gasteiger partial charge in [0.15, 0.2) is 0 Å². The Morgan fingerprint density at radius 2 is 1.63 bits per heavy atom. The van der Waals surface area contributed by atoms with Crippen molar-refractivity contribution in [2.45, 2.75) is 38.4 Å². The van der Waals surface area contributed by atoms with E-state index in [9.17, 15) is 18.0 Å². The Morgan fingerprint density at radius 1 is 1.04 bits per heavy atom. The number of carbonyl (C=O) groups is 1. The fraction of sp³-hybridized carbons (Fsp3) is 0.421. The SMILES string of the molecule is O=C(NCc1cnc(C(F)(F)F)nc1)NCC1CCc2ccccc2CC1. The minimum absolute atomic E-state index is 0.0695. The summed E-state index contributed by atoms with van der Waals surface area (Å²) in [4.78, 5) is 18.5. The van der Waals surface area contributed by atoms with Crippen LogP contribution in [-0.4, -0.2) is 22.5 Å². The number of urea groups is 1. The zero-order chi connectivity index (χ0) is 19.3. The van der Waals surface area contributed by atoms with Gasteiger partial charge in [0.25, 0.3) is 0 Å². The number of carbonyl (C=O) groups excluding carboxylic acids is 1. The quantitative estimate of drug-likeness (QED) is 0.801. The third-order valence-corrected chi connectivity index (χ3v) is 4.73. The minimum Gasteiger partial charge on any atom is -0.338 e. The summed E-state index contributed by atoms with van der Waals surface area (Å²) in [6, 6.07) is 8.07. The molecule has 0 spiro atoms. The van der Waals surface area contributed by atoms with Crippen LogP contribution in [0.3, 0.4) is 0 Å². The van der Waals surface area contributed by atoms with Crippen molar-refractivity contribution in [3.05, 3.63) is 59.2 Å². The Bertz CT molecular complexity index is 750. The number of rotatable bonds is 4. The van der Waals surface area contributed by atoms with Crippen LogP contribution in [0.4, 0.5) is 18.0 Å². The van der Waals surface area contributed by atoms with Gasteiger partial charge in [0.05, 0.1) is 0 Å². The largest absolute Gasteiger partial charge is 0.451 e. The number of alkyl halides is 3. The Kier molecular flexibility index (Phi) is 5.93. The number of halogens is 3. The highest BCUT2D eigenvalue weighted by atomic mass is 19.4. The number of aryl methyl sites for hydroxylation is 2. The third kappa shape index (κ3) is 5.42. The van der Waals surface area contributed by atoms with Crippen molar-refractivity contribution in [3.63, 3.8) is 0 Å². The second-order valence-corrected chi connectivity index (χ2v) is 6.69. The fourth-order valence-corrected chi connectivity index (χ4v) is 3.19. The Morgan fingerprint density at radius 3 is 2.19 bits per heavy atom. The van der Waals surface area contributed by atoms with Gasteiger partial charge in [-0.05, 0) is 42.7 Å². The maximum absolute atomic E-state index is 12.4. The van der Waals surface area contributed by atoms with Crippen molar-refractivity contribution in [2.24, 2.45) is 5.92 Å². The zero-order valence-electron chi connectivity index (χ0n) is 14.7. The van der Waals surface area contributed by atoms with Crippen LogP contribution in [0.1, 0.15) is 35.4 Å². The molecule has 1 aromatic carbocycles. The van der Waals surface area contributed by atoms with Crippen molar-refractivity contribution in [1.29, 1.82) is 0 Å². The molecule has 0 unspecified atom stereocenters. The molecule has 1 heterocycles. The predicted octanol–water partition coefficient (Wildman–Crippen LogP) is 3.49. The van der Waals surface area contributed by atoms with Gasteiger partial charge >= 0.3 is 12.2 Å². The Balaban J connectivity index is 1.41. The molecule has 0 fully saturated rings. The molecule has 144 valence electrons. The first kappa shape index (κ1) is 19.1. The molecule has 27 heavy (non-hydrogen) atoms. The van der Waals surface area contributed by atoms with E-state index in [4.69, 9.17) is 0 Å². The molecular formula is C19H21F3N4O. The van der Waals surface area contributed by atoms with E-state index in [1.807, 2.05) is 0 Å². The van der Waals surface area contributed by atoms with Crippen LogP contribution >= 0.6 is 0 Å². The van der Waals surface area contributed by atoms with E-state index >= 15 is 0 Å². The van der Waals surface area contributed by atoms with Crippen molar-refractivity contribution in [2.75, 3.05) is 6.54 Å². The summed E-state index contributed by atoms with van der Waals surface area (Å²) < 4.78 is 37.3. The lowest BCUT2D eigenvalue weighted by molar-refractivity contribution is -0.145. The molecule has 3 rings (SSSR count). The van der Waals surface area contributed by atoms with Crippen molar-refractivity contribution < 1.29 is 18.0 Å². The molecule has 1 aromatic heterocycles. The molecule has 5 nitrogen and oxygen atoms in total. The molecular weight excluding hydrogens is 357 g/mol. The summed E-state index contributed by atoms with van der Waals surface area (Å²) in [5.41, 5.74) is 3.17. The lowest BCUT2D eigenvalue weighted by Gasteiger charge is -2.15. The lowest BCUT2D eigenvalue weighted by atomic mass is 10.00. The summed E-state index contributed by atoms with van der Waals surface area (Å²) in [6.07, 6.45) is 1.62. The van der Waals surface area contributed by atoms with E-state index in [0.717, 1.165) is 38.1 Å². The third-order valence-electron chi connectivity index (χ3n) is 4.73. The highest BCUT2D eigenvalue weighted by molar-refractivity contribution is 5.73. The molecule has 0 atom stereocenters. The smallest absolute Gasteiger partial charge is 0.338 e. The van der Waals surface area contributed by atoms with E-state index in [-0.39, 0.29) is 12.6 Å². The van der Waals surface area contributed by atoms with Crippen molar-refractivity contribution in [1.82, 2.24) is 20.6 Å². The molecule has 0 aliphatic heterocycles. The van der Waals surface area contributed by atoms with Gasteiger partial charge < -0.3 is 10.6 Å². The number of hydrogen-bond acceptors (Lipinski definition) is 3. The standard InChI is InChI=1S/C19H21F3N4O/c20-19(21,22)17-23-10-14(11-24-17)12-26-18(27)25-9-13-5-7-15-3-1-2-4-16(15)8-6-13/h1-4,10-11,13H,5-9,12H2,(H2,25,26,27). The van der Waals surface area contributed by atoms with Gasteiger partial charge in [-0.1, -0.05) is 24.3 Å². The van der Waals surface area contributed by atoms with Gasteiger partial charge in [0, 0.05) is 31.0 Å². The first-order chi connectivity index (χ1) is 12.9. The van der Waals surface area contributed by atoms with Gasteiger partial charge in [-0.2, -0.15) is 13.2 Å². The molecule has 0 bridgehead atoms. The highest BCUT2D eigenvalue weighted by Crippen LogP contribution is 2.25. The lowest BCUT2D eigenvalue weighted by Crippen LogP contribution is -2.38. The summed E-state index contributed by atoms with van der Waals surface area (Å²) in [5.74, 6) is -0.789. The average Bonchev–Trinajstić information content (AvgIpc) is 2.87. The fourth-order valence-electron chi connectivity index (χ4n) is 3.19. The van der Waals surface area contributed by atoms with Gasteiger partial charge in [-0.15, -0.1) is 0 Å². The average molecular weight is 378 g/mol. The summed E-state index contributed by atoms with van der Waals surface area (Å²) in [6.45, 7) is 0.642. The first-order valence-electron chi connectivity index (χ1n) is 8.88. The van der Waals surface area contributed by atoms with E-state index < -0.39 is 12.0 Å². The van der Waals surface area contributed by atoms with E-state index in [1.165, 1.54) is 11.1 Å². The van der Waals surface area contributed by atoms with Crippen LogP contribution in [0.2, 0.25) is 0 Å². The molecule has 2 N–H and O–H groups in total. The highest BCUT2D eigenvalue weighted by Gasteiger charge is 2.34. The number of fused-ring (bicyclic) bond motifs is 1. The van der Waals surface area contributed by atoms with Crippen LogP contribution in [0, 0.1) is 5.92 Å². The molecule has 2 aromatic rings. The molecule has 1 aliphatic rings. The summed E-state index contributed by atoms with van der Waals surface area (Å²) >= 11 is 0. The van der Waals surface area contributed by atoms with Gasteiger partial charge in [0.1, 0.15) is 0 Å². The van der Waals surface area contributed by atoms with Gasteiger partial charge in [-0.25, -0.2) is 14.8 Å². The summed E-state index contributed by atoms with van der Waals surface area (Å²) in [5, 5.41) is 5.46. The summed E-state index contributed by atoms with van der Waals surface area (Å²) in [7, 11) is 0. The van der Waals surface area contributed by atoms with E-state index in [0.29, 0.717) is 18.0 Å². The number of amides is 2. The molecule has 0 radical (unpaired) electrons. The number of nitrogens with zero attached hydrogens (tertiary/aromatic N) is 2.